The molecule has 0 atom stereocenters. The average Bonchev–Trinajstić information content (AvgIpc) is 2.74. The summed E-state index contributed by atoms with van der Waals surface area (Å²) in [5, 5.41) is 17.9. The van der Waals surface area contributed by atoms with Gasteiger partial charge < -0.3 is 10.1 Å². The largest absolute Gasteiger partial charge is 0.482 e. The number of benzene rings is 2. The molecular weight excluding hydrogens is 410 g/mol. The third kappa shape index (κ3) is 5.76. The minimum atomic E-state index is -0.554. The average molecular weight is 426 g/mol. The maximum atomic E-state index is 12.0. The van der Waals surface area contributed by atoms with Crippen LogP contribution in [0.5, 0.6) is 5.75 Å². The highest BCUT2D eigenvalue weighted by atomic mass is 35.5. The quantitative estimate of drug-likeness (QED) is 0.318. The third-order valence-electron chi connectivity index (χ3n) is 3.74. The van der Waals surface area contributed by atoms with Crippen LogP contribution in [0.3, 0.4) is 0 Å². The maximum absolute atomic E-state index is 12.0. The second-order valence-corrected chi connectivity index (χ2v) is 6.30. The van der Waals surface area contributed by atoms with Crippen LogP contribution in [0.25, 0.3) is 0 Å². The summed E-state index contributed by atoms with van der Waals surface area (Å²) < 4.78 is 5.45. The lowest BCUT2D eigenvalue weighted by Crippen LogP contribution is -2.20. The Hall–Kier alpha value is -3.98. The zero-order valence-electron chi connectivity index (χ0n) is 15.5. The van der Waals surface area contributed by atoms with Crippen LogP contribution in [-0.2, 0) is 4.79 Å². The number of carbonyl (C=O) groups is 1. The number of hydrogen-bond donors (Lipinski definition) is 2. The fourth-order valence-corrected chi connectivity index (χ4v) is 2.62. The van der Waals surface area contributed by atoms with Gasteiger partial charge >= 0.3 is 5.69 Å². The number of nitrogens with zero attached hydrogens (tertiary/aromatic N) is 3. The summed E-state index contributed by atoms with van der Waals surface area (Å²) in [5.41, 5.74) is 3.63. The van der Waals surface area contributed by atoms with E-state index in [-0.39, 0.29) is 29.0 Å². The number of hydrogen-bond acceptors (Lipinski definition) is 7. The number of pyridine rings is 1. The number of carbonyl (C=O) groups excluding carboxylic acids is 1. The van der Waals surface area contributed by atoms with Crippen molar-refractivity contribution in [2.45, 2.75) is 0 Å². The van der Waals surface area contributed by atoms with Gasteiger partial charge in [-0.2, -0.15) is 5.10 Å². The maximum Gasteiger partial charge on any atom is 0.313 e. The van der Waals surface area contributed by atoms with Crippen LogP contribution < -0.4 is 15.5 Å². The molecule has 0 unspecified atom stereocenters. The van der Waals surface area contributed by atoms with Crippen LogP contribution >= 0.6 is 11.6 Å². The minimum absolute atomic E-state index is 0.0224. The summed E-state index contributed by atoms with van der Waals surface area (Å²) in [5.74, 6) is 0.0450. The molecule has 0 spiro atoms. The standard InChI is InChI=1S/C20H16ClN5O4/c21-16-11-14(12-23-25-20-17(26(28)29)7-4-10-22-20)8-9-18(16)30-13-19(27)24-15-5-2-1-3-6-15/h1-12H,13H2,(H,22,25)(H,24,27)/b23-12-. The van der Waals surface area contributed by atoms with Gasteiger partial charge in [-0.25, -0.2) is 4.98 Å². The van der Waals surface area contributed by atoms with Gasteiger partial charge in [0.15, 0.2) is 6.61 Å². The third-order valence-corrected chi connectivity index (χ3v) is 4.03. The van der Waals surface area contributed by atoms with Gasteiger partial charge in [-0.1, -0.05) is 29.8 Å². The van der Waals surface area contributed by atoms with Crippen LogP contribution in [-0.4, -0.2) is 28.6 Å². The molecule has 1 heterocycles. The zero-order valence-corrected chi connectivity index (χ0v) is 16.2. The summed E-state index contributed by atoms with van der Waals surface area (Å²) in [6, 6.07) is 16.7. The Bertz CT molecular complexity index is 1080. The SMILES string of the molecule is O=C(COc1ccc(/C=N\Nc2ncccc2[N+](=O)[O-])cc1Cl)Nc1ccccc1. The Balaban J connectivity index is 1.57. The van der Waals surface area contributed by atoms with E-state index in [1.165, 1.54) is 24.5 Å². The summed E-state index contributed by atoms with van der Waals surface area (Å²) in [7, 11) is 0. The molecule has 0 bridgehead atoms. The Kier molecular flexibility index (Phi) is 6.91. The van der Waals surface area contributed by atoms with E-state index in [0.717, 1.165) is 0 Å². The highest BCUT2D eigenvalue weighted by molar-refractivity contribution is 6.32. The van der Waals surface area contributed by atoms with Gasteiger partial charge in [0, 0.05) is 18.0 Å². The van der Waals surface area contributed by atoms with Crippen molar-refractivity contribution in [1.29, 1.82) is 0 Å². The molecular formula is C20H16ClN5O4. The number of amides is 1. The van der Waals surface area contributed by atoms with Crippen LogP contribution in [0.15, 0.2) is 72.0 Å². The molecule has 1 amide bonds. The number of halogens is 1. The van der Waals surface area contributed by atoms with Crippen LogP contribution in [0.4, 0.5) is 17.2 Å². The smallest absolute Gasteiger partial charge is 0.313 e. The van der Waals surface area contributed by atoms with Gasteiger partial charge in [0.05, 0.1) is 16.2 Å². The van der Waals surface area contributed by atoms with Crippen LogP contribution in [0.2, 0.25) is 5.02 Å². The number of ether oxygens (including phenoxy) is 1. The first-order valence-corrected chi connectivity index (χ1v) is 9.06. The van der Waals surface area contributed by atoms with Gasteiger partial charge in [0.2, 0.25) is 5.82 Å². The Morgan fingerprint density at radius 1 is 1.20 bits per heavy atom. The topological polar surface area (TPSA) is 119 Å². The van der Waals surface area contributed by atoms with E-state index in [2.05, 4.69) is 20.8 Å². The van der Waals surface area contributed by atoms with Crippen molar-refractivity contribution in [3.63, 3.8) is 0 Å². The van der Waals surface area contributed by atoms with Gasteiger partial charge in [0.25, 0.3) is 5.91 Å². The molecule has 152 valence electrons. The van der Waals surface area contributed by atoms with E-state index in [1.807, 2.05) is 18.2 Å². The molecule has 0 aliphatic carbocycles. The van der Waals surface area contributed by atoms with E-state index >= 15 is 0 Å². The van der Waals surface area contributed by atoms with Crippen molar-refractivity contribution >= 4 is 40.9 Å². The van der Waals surface area contributed by atoms with E-state index in [9.17, 15) is 14.9 Å². The number of anilines is 2. The predicted octanol–water partition coefficient (Wildman–Crippen LogP) is 4.11. The molecule has 2 N–H and O–H groups in total. The van der Waals surface area contributed by atoms with Gasteiger partial charge in [0.1, 0.15) is 5.75 Å². The van der Waals surface area contributed by atoms with Crippen molar-refractivity contribution in [2.24, 2.45) is 5.10 Å². The summed E-state index contributed by atoms with van der Waals surface area (Å²) >= 11 is 6.20. The fraction of sp³-hybridized carbons (Fsp3) is 0.0500. The molecule has 0 aliphatic rings. The number of nitrogens with one attached hydrogen (secondary N) is 2. The molecule has 0 fully saturated rings. The Labute approximate surface area is 176 Å². The lowest BCUT2D eigenvalue weighted by molar-refractivity contribution is -0.384. The van der Waals surface area contributed by atoms with Crippen molar-refractivity contribution in [1.82, 2.24) is 4.98 Å². The second kappa shape index (κ2) is 9.99. The first-order valence-electron chi connectivity index (χ1n) is 8.68. The first-order chi connectivity index (χ1) is 14.5. The monoisotopic (exact) mass is 425 g/mol. The van der Waals surface area contributed by atoms with E-state index in [0.29, 0.717) is 17.0 Å². The molecule has 30 heavy (non-hydrogen) atoms. The van der Waals surface area contributed by atoms with Crippen molar-refractivity contribution in [2.75, 3.05) is 17.3 Å². The predicted molar refractivity (Wildman–Crippen MR) is 114 cm³/mol. The molecule has 3 rings (SSSR count). The lowest BCUT2D eigenvalue weighted by Gasteiger charge is -2.09. The van der Waals surface area contributed by atoms with Gasteiger partial charge in [-0.05, 0) is 42.0 Å². The molecule has 2 aromatic carbocycles. The molecule has 1 aromatic heterocycles. The first kappa shape index (κ1) is 20.7. The van der Waals surface area contributed by atoms with Crippen LogP contribution in [0.1, 0.15) is 5.56 Å². The number of rotatable bonds is 8. The summed E-state index contributed by atoms with van der Waals surface area (Å²) in [6.07, 6.45) is 2.85. The lowest BCUT2D eigenvalue weighted by atomic mass is 10.2. The normalized spacial score (nSPS) is 10.6. The zero-order chi connectivity index (χ0) is 21.3. The van der Waals surface area contributed by atoms with E-state index in [1.54, 1.807) is 30.3 Å². The number of aromatic nitrogens is 1. The molecule has 0 saturated carbocycles. The highest BCUT2D eigenvalue weighted by Gasteiger charge is 2.13. The molecule has 0 radical (unpaired) electrons. The number of nitro groups is 1. The van der Waals surface area contributed by atoms with Crippen molar-refractivity contribution < 1.29 is 14.5 Å². The fourth-order valence-electron chi connectivity index (χ4n) is 2.37. The van der Waals surface area contributed by atoms with Gasteiger partial charge in [-0.3, -0.25) is 20.3 Å². The van der Waals surface area contributed by atoms with E-state index in [4.69, 9.17) is 16.3 Å². The van der Waals surface area contributed by atoms with Crippen molar-refractivity contribution in [3.8, 4) is 5.75 Å². The minimum Gasteiger partial charge on any atom is -0.482 e. The van der Waals surface area contributed by atoms with Crippen molar-refractivity contribution in [3.05, 3.63) is 87.6 Å². The van der Waals surface area contributed by atoms with E-state index < -0.39 is 4.92 Å². The summed E-state index contributed by atoms with van der Waals surface area (Å²) in [4.78, 5) is 26.2. The molecule has 0 aliphatic heterocycles. The molecule has 9 nitrogen and oxygen atoms in total. The molecule has 10 heteroatoms. The second-order valence-electron chi connectivity index (χ2n) is 5.89. The number of hydrazone groups is 1. The Morgan fingerprint density at radius 3 is 2.73 bits per heavy atom. The van der Waals surface area contributed by atoms with Gasteiger partial charge in [-0.15, -0.1) is 0 Å². The molecule has 3 aromatic rings. The molecule has 0 saturated heterocycles. The summed E-state index contributed by atoms with van der Waals surface area (Å²) in [6.45, 7) is -0.201. The Morgan fingerprint density at radius 2 is 2.00 bits per heavy atom. The highest BCUT2D eigenvalue weighted by Crippen LogP contribution is 2.25. The van der Waals surface area contributed by atoms with Crippen LogP contribution in [0, 0.1) is 10.1 Å². The number of para-hydroxylation sites is 1.